The molecule has 2 aromatic rings. The highest BCUT2D eigenvalue weighted by Crippen LogP contribution is 2.17. The van der Waals surface area contributed by atoms with Gasteiger partial charge in [0.05, 0.1) is 6.54 Å². The van der Waals surface area contributed by atoms with Crippen molar-refractivity contribution in [2.45, 2.75) is 0 Å². The first-order valence-corrected chi connectivity index (χ1v) is 7.65. The predicted molar refractivity (Wildman–Crippen MR) is 91.4 cm³/mol. The standard InChI is InChI=1S/C17H15BrN2O3/c1-20-10-5-8-15(17(20)22)16(21)19-9-2-3-11-23-14-7-4-6-13(18)12-14/h4-8,10,12H,9,11H2,1H3,(H,19,21). The van der Waals surface area contributed by atoms with E-state index in [0.717, 1.165) is 4.47 Å². The van der Waals surface area contributed by atoms with Gasteiger partial charge in [-0.3, -0.25) is 9.59 Å². The maximum atomic E-state index is 11.9. The molecule has 1 N–H and O–H groups in total. The Bertz CT molecular complexity index is 818. The zero-order valence-corrected chi connectivity index (χ0v) is 14.1. The van der Waals surface area contributed by atoms with Gasteiger partial charge in [-0.25, -0.2) is 0 Å². The first kappa shape index (κ1) is 16.8. The number of nitrogens with one attached hydrogen (secondary N) is 1. The van der Waals surface area contributed by atoms with Crippen LogP contribution in [0.2, 0.25) is 0 Å². The molecule has 1 heterocycles. The molecule has 5 nitrogen and oxygen atoms in total. The molecule has 0 aliphatic carbocycles. The lowest BCUT2D eigenvalue weighted by molar-refractivity contribution is 0.0956. The van der Waals surface area contributed by atoms with Crippen LogP contribution in [0.5, 0.6) is 5.75 Å². The number of aryl methyl sites for hydroxylation is 1. The fourth-order valence-electron chi connectivity index (χ4n) is 1.78. The number of ether oxygens (including phenoxy) is 1. The quantitative estimate of drug-likeness (QED) is 0.832. The molecule has 0 aliphatic heterocycles. The van der Waals surface area contributed by atoms with Gasteiger partial charge in [0.1, 0.15) is 17.9 Å². The second kappa shape index (κ2) is 8.20. The van der Waals surface area contributed by atoms with Crippen LogP contribution in [-0.4, -0.2) is 23.6 Å². The van der Waals surface area contributed by atoms with Gasteiger partial charge in [0.25, 0.3) is 11.5 Å². The van der Waals surface area contributed by atoms with Crippen molar-refractivity contribution in [2.24, 2.45) is 7.05 Å². The van der Waals surface area contributed by atoms with E-state index >= 15 is 0 Å². The van der Waals surface area contributed by atoms with Crippen LogP contribution in [0, 0.1) is 11.8 Å². The molecule has 0 spiro atoms. The Morgan fingerprint density at radius 2 is 2.13 bits per heavy atom. The average molecular weight is 375 g/mol. The minimum atomic E-state index is -0.437. The topological polar surface area (TPSA) is 60.3 Å². The number of carbonyl (C=O) groups is 1. The summed E-state index contributed by atoms with van der Waals surface area (Å²) in [7, 11) is 1.60. The number of carbonyl (C=O) groups excluding carboxylic acids is 1. The van der Waals surface area contributed by atoms with E-state index in [1.165, 1.54) is 10.6 Å². The minimum absolute atomic E-state index is 0.0992. The van der Waals surface area contributed by atoms with Gasteiger partial charge in [0.15, 0.2) is 0 Å². The maximum absolute atomic E-state index is 11.9. The second-order valence-electron chi connectivity index (χ2n) is 4.62. The van der Waals surface area contributed by atoms with Crippen molar-refractivity contribution in [2.75, 3.05) is 13.2 Å². The zero-order chi connectivity index (χ0) is 16.7. The lowest BCUT2D eigenvalue weighted by Gasteiger charge is -2.03. The summed E-state index contributed by atoms with van der Waals surface area (Å²) < 4.78 is 7.73. The molecule has 2 rings (SSSR count). The van der Waals surface area contributed by atoms with E-state index in [9.17, 15) is 9.59 Å². The number of hydrogen-bond donors (Lipinski definition) is 1. The molecule has 1 amide bonds. The van der Waals surface area contributed by atoms with E-state index in [2.05, 4.69) is 33.1 Å². The molecule has 1 aromatic carbocycles. The summed E-state index contributed by atoms with van der Waals surface area (Å²) >= 11 is 3.35. The molecule has 0 bridgehead atoms. The molecule has 0 aliphatic rings. The Morgan fingerprint density at radius 3 is 2.91 bits per heavy atom. The summed E-state index contributed by atoms with van der Waals surface area (Å²) in [6.07, 6.45) is 1.60. The van der Waals surface area contributed by atoms with Crippen LogP contribution in [0.1, 0.15) is 10.4 Å². The third-order valence-corrected chi connectivity index (χ3v) is 3.43. The van der Waals surface area contributed by atoms with Gasteiger partial charge in [0, 0.05) is 17.7 Å². The third-order valence-electron chi connectivity index (χ3n) is 2.94. The molecular formula is C17H15BrN2O3. The van der Waals surface area contributed by atoms with Gasteiger partial charge >= 0.3 is 0 Å². The molecule has 6 heteroatoms. The number of nitrogens with zero attached hydrogens (tertiary/aromatic N) is 1. The first-order chi connectivity index (χ1) is 11.1. The second-order valence-corrected chi connectivity index (χ2v) is 5.54. The van der Waals surface area contributed by atoms with Crippen molar-refractivity contribution in [3.63, 3.8) is 0 Å². The highest BCUT2D eigenvalue weighted by Gasteiger charge is 2.09. The van der Waals surface area contributed by atoms with E-state index in [4.69, 9.17) is 4.74 Å². The molecule has 0 unspecified atom stereocenters. The van der Waals surface area contributed by atoms with Crippen molar-refractivity contribution < 1.29 is 9.53 Å². The summed E-state index contributed by atoms with van der Waals surface area (Å²) in [6, 6.07) is 10.6. The van der Waals surface area contributed by atoms with Crippen LogP contribution < -0.4 is 15.6 Å². The SMILES string of the molecule is Cn1cccc(C(=O)NCC#CCOc2cccc(Br)c2)c1=O. The van der Waals surface area contributed by atoms with Gasteiger partial charge in [-0.1, -0.05) is 33.8 Å². The lowest BCUT2D eigenvalue weighted by Crippen LogP contribution is -2.32. The van der Waals surface area contributed by atoms with Crippen molar-refractivity contribution in [3.8, 4) is 17.6 Å². The predicted octanol–water partition coefficient (Wildman–Crippen LogP) is 1.96. The Morgan fingerprint density at radius 1 is 1.30 bits per heavy atom. The average Bonchev–Trinajstić information content (AvgIpc) is 2.53. The van der Waals surface area contributed by atoms with E-state index in [1.807, 2.05) is 24.3 Å². The third kappa shape index (κ3) is 5.01. The number of aromatic nitrogens is 1. The number of halogens is 1. The van der Waals surface area contributed by atoms with Gasteiger partial charge in [-0.15, -0.1) is 0 Å². The van der Waals surface area contributed by atoms with Crippen LogP contribution in [0.3, 0.4) is 0 Å². The summed E-state index contributed by atoms with van der Waals surface area (Å²) in [4.78, 5) is 23.7. The molecule has 1 aromatic heterocycles. The molecule has 118 valence electrons. The summed E-state index contributed by atoms with van der Waals surface area (Å²) in [5.74, 6) is 5.85. The number of hydrogen-bond acceptors (Lipinski definition) is 3. The number of rotatable bonds is 4. The van der Waals surface area contributed by atoms with E-state index in [-0.39, 0.29) is 24.3 Å². The van der Waals surface area contributed by atoms with E-state index < -0.39 is 5.91 Å². The Hall–Kier alpha value is -2.52. The molecular weight excluding hydrogens is 360 g/mol. The van der Waals surface area contributed by atoms with Gasteiger partial charge in [-0.05, 0) is 30.3 Å². The molecule has 0 fully saturated rings. The van der Waals surface area contributed by atoms with Gasteiger partial charge < -0.3 is 14.6 Å². The smallest absolute Gasteiger partial charge is 0.263 e. The van der Waals surface area contributed by atoms with Crippen molar-refractivity contribution in [1.82, 2.24) is 9.88 Å². The normalized spacial score (nSPS) is 9.65. The minimum Gasteiger partial charge on any atom is -0.481 e. The molecule has 0 radical (unpaired) electrons. The summed E-state index contributed by atoms with van der Waals surface area (Å²) in [5.41, 5.74) is -0.238. The molecule has 0 saturated heterocycles. The molecule has 0 atom stereocenters. The number of pyridine rings is 1. The highest BCUT2D eigenvalue weighted by atomic mass is 79.9. The zero-order valence-electron chi connectivity index (χ0n) is 12.5. The Labute approximate surface area is 142 Å². The largest absolute Gasteiger partial charge is 0.481 e. The highest BCUT2D eigenvalue weighted by molar-refractivity contribution is 9.10. The number of amides is 1. The molecule has 23 heavy (non-hydrogen) atoms. The van der Waals surface area contributed by atoms with E-state index in [1.54, 1.807) is 19.3 Å². The maximum Gasteiger partial charge on any atom is 0.263 e. The van der Waals surface area contributed by atoms with Crippen LogP contribution in [-0.2, 0) is 7.05 Å². The fraction of sp³-hybridized carbons (Fsp3) is 0.176. The Balaban J connectivity index is 1.80. The number of benzene rings is 1. The van der Waals surface area contributed by atoms with Gasteiger partial charge in [0.2, 0.25) is 0 Å². The summed E-state index contributed by atoms with van der Waals surface area (Å²) in [6.45, 7) is 0.373. The van der Waals surface area contributed by atoms with Crippen molar-refractivity contribution >= 4 is 21.8 Å². The van der Waals surface area contributed by atoms with Gasteiger partial charge in [-0.2, -0.15) is 0 Å². The van der Waals surface area contributed by atoms with Crippen LogP contribution in [0.15, 0.2) is 51.9 Å². The van der Waals surface area contributed by atoms with Crippen molar-refractivity contribution in [1.29, 1.82) is 0 Å². The molecule has 0 saturated carbocycles. The van der Waals surface area contributed by atoms with Crippen LogP contribution in [0.4, 0.5) is 0 Å². The lowest BCUT2D eigenvalue weighted by atomic mass is 10.2. The van der Waals surface area contributed by atoms with Crippen LogP contribution >= 0.6 is 15.9 Å². The van der Waals surface area contributed by atoms with E-state index in [0.29, 0.717) is 5.75 Å². The fourth-order valence-corrected chi connectivity index (χ4v) is 2.16. The first-order valence-electron chi connectivity index (χ1n) is 6.86. The monoisotopic (exact) mass is 374 g/mol. The Kier molecular flexibility index (Phi) is 6.01. The van der Waals surface area contributed by atoms with Crippen molar-refractivity contribution in [3.05, 3.63) is 63.0 Å². The summed E-state index contributed by atoms with van der Waals surface area (Å²) in [5, 5.41) is 2.59. The van der Waals surface area contributed by atoms with Crippen LogP contribution in [0.25, 0.3) is 0 Å².